The number of rotatable bonds is 2. The van der Waals surface area contributed by atoms with Crippen LogP contribution in [0.25, 0.3) is 6.08 Å². The van der Waals surface area contributed by atoms with Gasteiger partial charge in [0.1, 0.15) is 0 Å². The van der Waals surface area contributed by atoms with E-state index >= 15 is 0 Å². The highest BCUT2D eigenvalue weighted by Crippen LogP contribution is 1.99. The molecule has 1 radical (unpaired) electrons. The fourth-order valence-corrected chi connectivity index (χ4v) is 0.690. The Balaban J connectivity index is 2.76. The highest BCUT2D eigenvalue weighted by molar-refractivity contribution is 5.50. The molecule has 0 atom stereocenters. The van der Waals surface area contributed by atoms with Crippen LogP contribution in [-0.2, 0) is 0 Å². The third-order valence-electron chi connectivity index (χ3n) is 1.16. The molecule has 0 nitrogen and oxygen atoms in total. The molecule has 0 saturated heterocycles. The van der Waals surface area contributed by atoms with Gasteiger partial charge in [0, 0.05) is 0 Å². The van der Waals surface area contributed by atoms with Crippen molar-refractivity contribution in [2.45, 2.75) is 0 Å². The van der Waals surface area contributed by atoms with E-state index in [1.165, 1.54) is 0 Å². The van der Waals surface area contributed by atoms with E-state index in [0.29, 0.717) is 0 Å². The van der Waals surface area contributed by atoms with E-state index in [9.17, 15) is 0 Å². The minimum absolute atomic E-state index is 1.16. The average molecular weight is 129 g/mol. The van der Waals surface area contributed by atoms with E-state index in [-0.39, 0.29) is 0 Å². The van der Waals surface area contributed by atoms with E-state index in [1.54, 1.807) is 6.08 Å². The van der Waals surface area contributed by atoms with Gasteiger partial charge in [0.05, 0.1) is 0 Å². The molecule has 0 bridgehead atoms. The normalized spacial score (nSPS) is 10.0. The molecular weight excluding hydrogens is 120 g/mol. The van der Waals surface area contributed by atoms with Crippen LogP contribution in [-0.4, -0.2) is 0 Å². The third kappa shape index (κ3) is 1.90. The van der Waals surface area contributed by atoms with E-state index in [0.717, 1.165) is 5.56 Å². The van der Waals surface area contributed by atoms with Gasteiger partial charge < -0.3 is 0 Å². The summed E-state index contributed by atoms with van der Waals surface area (Å²) in [5.41, 5.74) is 1.16. The molecule has 0 spiro atoms. The Labute approximate surface area is 61.5 Å². The zero-order chi connectivity index (χ0) is 7.23. The Hall–Kier alpha value is -1.30. The van der Waals surface area contributed by atoms with Crippen LogP contribution in [0.5, 0.6) is 0 Å². The SMILES string of the molecule is C=C/C=C/c1c[c]ccc1. The van der Waals surface area contributed by atoms with Gasteiger partial charge in [-0.15, -0.1) is 0 Å². The summed E-state index contributed by atoms with van der Waals surface area (Å²) in [5, 5.41) is 0. The van der Waals surface area contributed by atoms with Crippen molar-refractivity contribution in [3.05, 3.63) is 54.6 Å². The second kappa shape index (κ2) is 3.67. The van der Waals surface area contributed by atoms with Crippen molar-refractivity contribution in [1.29, 1.82) is 0 Å². The molecule has 0 fully saturated rings. The van der Waals surface area contributed by atoms with Crippen LogP contribution in [0.15, 0.2) is 43.0 Å². The van der Waals surface area contributed by atoms with Crippen molar-refractivity contribution in [2.24, 2.45) is 0 Å². The Bertz CT molecular complexity index is 219. The van der Waals surface area contributed by atoms with Crippen molar-refractivity contribution < 1.29 is 0 Å². The third-order valence-corrected chi connectivity index (χ3v) is 1.16. The van der Waals surface area contributed by atoms with Crippen molar-refractivity contribution in [3.8, 4) is 0 Å². The van der Waals surface area contributed by atoms with Crippen molar-refractivity contribution in [3.63, 3.8) is 0 Å². The highest BCUT2D eigenvalue weighted by Gasteiger charge is 1.78. The molecule has 0 heterocycles. The number of benzene rings is 1. The molecule has 0 unspecified atom stereocenters. The van der Waals surface area contributed by atoms with Gasteiger partial charge in [0.25, 0.3) is 0 Å². The topological polar surface area (TPSA) is 0 Å². The van der Waals surface area contributed by atoms with Crippen LogP contribution in [0.3, 0.4) is 0 Å². The first kappa shape index (κ1) is 6.81. The van der Waals surface area contributed by atoms with Gasteiger partial charge in [-0.05, 0) is 17.7 Å². The molecule has 0 heteroatoms. The van der Waals surface area contributed by atoms with Crippen molar-refractivity contribution in [2.75, 3.05) is 0 Å². The summed E-state index contributed by atoms with van der Waals surface area (Å²) in [5.74, 6) is 0. The number of hydrogen-bond acceptors (Lipinski definition) is 0. The predicted molar refractivity (Wildman–Crippen MR) is 44.5 cm³/mol. The molecule has 0 aliphatic heterocycles. The monoisotopic (exact) mass is 129 g/mol. The minimum Gasteiger partial charge on any atom is -0.0991 e. The van der Waals surface area contributed by atoms with E-state index < -0.39 is 0 Å². The van der Waals surface area contributed by atoms with Gasteiger partial charge in [0.15, 0.2) is 0 Å². The summed E-state index contributed by atoms with van der Waals surface area (Å²) in [7, 11) is 0. The van der Waals surface area contributed by atoms with Gasteiger partial charge >= 0.3 is 0 Å². The zero-order valence-electron chi connectivity index (χ0n) is 5.75. The summed E-state index contributed by atoms with van der Waals surface area (Å²) < 4.78 is 0. The molecule has 0 aliphatic carbocycles. The first-order valence-corrected chi connectivity index (χ1v) is 3.18. The summed E-state index contributed by atoms with van der Waals surface area (Å²) in [4.78, 5) is 0. The molecule has 0 saturated carbocycles. The Morgan fingerprint density at radius 2 is 2.40 bits per heavy atom. The molecule has 49 valence electrons. The van der Waals surface area contributed by atoms with Crippen LogP contribution in [0, 0.1) is 6.07 Å². The Morgan fingerprint density at radius 1 is 1.50 bits per heavy atom. The van der Waals surface area contributed by atoms with Gasteiger partial charge in [0.2, 0.25) is 0 Å². The first-order valence-electron chi connectivity index (χ1n) is 3.18. The molecule has 0 amide bonds. The second-order valence-corrected chi connectivity index (χ2v) is 1.93. The highest BCUT2D eigenvalue weighted by atomic mass is 13.8. The lowest BCUT2D eigenvalue weighted by atomic mass is 10.2. The molecule has 1 aromatic rings. The summed E-state index contributed by atoms with van der Waals surface area (Å²) in [6.07, 6.45) is 5.65. The van der Waals surface area contributed by atoms with Gasteiger partial charge in [-0.1, -0.05) is 43.0 Å². The maximum absolute atomic E-state index is 3.58. The molecule has 0 aromatic heterocycles. The summed E-state index contributed by atoms with van der Waals surface area (Å²) >= 11 is 0. The lowest BCUT2D eigenvalue weighted by Crippen LogP contribution is -1.66. The smallest absolute Gasteiger partial charge is 0.0178 e. The summed E-state index contributed by atoms with van der Waals surface area (Å²) in [6, 6.07) is 10.8. The lowest BCUT2D eigenvalue weighted by Gasteiger charge is -1.86. The van der Waals surface area contributed by atoms with Crippen LogP contribution < -0.4 is 0 Å². The van der Waals surface area contributed by atoms with Crippen molar-refractivity contribution >= 4 is 6.08 Å². The molecule has 0 N–H and O–H groups in total. The molecule has 1 rings (SSSR count). The van der Waals surface area contributed by atoms with E-state index in [4.69, 9.17) is 0 Å². The molecular formula is C10H9. The minimum atomic E-state index is 1.16. The Kier molecular flexibility index (Phi) is 2.50. The first-order chi connectivity index (χ1) is 4.93. The molecule has 1 aromatic carbocycles. The molecule has 10 heavy (non-hydrogen) atoms. The van der Waals surface area contributed by atoms with Gasteiger partial charge in [-0.2, -0.15) is 0 Å². The maximum Gasteiger partial charge on any atom is -0.0178 e. The molecule has 0 aliphatic rings. The number of hydrogen-bond donors (Lipinski definition) is 0. The predicted octanol–water partition coefficient (Wildman–Crippen LogP) is 2.69. The zero-order valence-corrected chi connectivity index (χ0v) is 5.75. The van der Waals surface area contributed by atoms with Crippen LogP contribution in [0.1, 0.15) is 5.56 Å². The second-order valence-electron chi connectivity index (χ2n) is 1.93. The van der Waals surface area contributed by atoms with E-state index in [1.807, 2.05) is 36.4 Å². The summed E-state index contributed by atoms with van der Waals surface area (Å²) in [6.45, 7) is 3.58. The lowest BCUT2D eigenvalue weighted by molar-refractivity contribution is 1.65. The quantitative estimate of drug-likeness (QED) is 0.538. The fraction of sp³-hybridized carbons (Fsp3) is 0. The van der Waals surface area contributed by atoms with Crippen LogP contribution >= 0.6 is 0 Å². The van der Waals surface area contributed by atoms with Crippen molar-refractivity contribution in [1.82, 2.24) is 0 Å². The average Bonchev–Trinajstić information content (AvgIpc) is 2.03. The van der Waals surface area contributed by atoms with E-state index in [2.05, 4.69) is 12.6 Å². The standard InChI is InChI=1S/C10H9/c1-2-3-7-10-8-5-4-6-9-10/h2-5,7-9H,1H2/b7-3+. The maximum atomic E-state index is 3.58. The van der Waals surface area contributed by atoms with Crippen LogP contribution in [0.4, 0.5) is 0 Å². The van der Waals surface area contributed by atoms with Crippen LogP contribution in [0.2, 0.25) is 0 Å². The number of allylic oxidation sites excluding steroid dienone is 2. The van der Waals surface area contributed by atoms with Gasteiger partial charge in [-0.3, -0.25) is 0 Å². The Morgan fingerprint density at radius 3 is 3.00 bits per heavy atom. The fourth-order valence-electron chi connectivity index (χ4n) is 0.690. The van der Waals surface area contributed by atoms with Gasteiger partial charge in [-0.25, -0.2) is 0 Å². The largest absolute Gasteiger partial charge is 0.0991 e.